The van der Waals surface area contributed by atoms with Gasteiger partial charge in [-0.3, -0.25) is 4.90 Å². The van der Waals surface area contributed by atoms with Crippen molar-refractivity contribution in [1.82, 2.24) is 4.90 Å². The van der Waals surface area contributed by atoms with Gasteiger partial charge in [-0.1, -0.05) is 18.2 Å². The van der Waals surface area contributed by atoms with E-state index in [1.54, 1.807) is 24.3 Å². The number of alkyl halides is 3. The molecule has 4 rings (SSSR count). The second-order valence-electron chi connectivity index (χ2n) is 8.76. The third-order valence-corrected chi connectivity index (χ3v) is 6.43. The summed E-state index contributed by atoms with van der Waals surface area (Å²) in [5.41, 5.74) is 8.33. The summed E-state index contributed by atoms with van der Waals surface area (Å²) < 4.78 is 53.4. The molecule has 1 saturated heterocycles. The van der Waals surface area contributed by atoms with Crippen LogP contribution in [0.5, 0.6) is 0 Å². The zero-order valence-corrected chi connectivity index (χ0v) is 19.3. The minimum absolute atomic E-state index is 0.364. The van der Waals surface area contributed by atoms with E-state index in [0.717, 1.165) is 43.3 Å². The number of hydrogen-bond donors (Lipinski definition) is 1. The van der Waals surface area contributed by atoms with E-state index in [-0.39, 0.29) is 5.82 Å². The summed E-state index contributed by atoms with van der Waals surface area (Å²) in [5.74, 6) is -0.365. The first-order valence-electron chi connectivity index (χ1n) is 11.6. The summed E-state index contributed by atoms with van der Waals surface area (Å²) in [6, 6.07) is 13.2. The number of nitrogen functional groups attached to an aromatic ring is 1. The second-order valence-corrected chi connectivity index (χ2v) is 8.76. The van der Waals surface area contributed by atoms with E-state index in [1.807, 2.05) is 4.90 Å². The summed E-state index contributed by atoms with van der Waals surface area (Å²) in [7, 11) is 0. The van der Waals surface area contributed by atoms with Crippen molar-refractivity contribution < 1.29 is 22.3 Å². The molecule has 0 radical (unpaired) electrons. The molecule has 0 aliphatic carbocycles. The fourth-order valence-electron chi connectivity index (χ4n) is 4.49. The van der Waals surface area contributed by atoms with Crippen molar-refractivity contribution in [3.05, 3.63) is 83.1 Å². The van der Waals surface area contributed by atoms with Crippen molar-refractivity contribution in [3.63, 3.8) is 0 Å². The quantitative estimate of drug-likeness (QED) is 0.223. The van der Waals surface area contributed by atoms with E-state index in [2.05, 4.69) is 4.90 Å². The average Bonchev–Trinajstić information content (AvgIpc) is 2.83. The Bertz CT molecular complexity index is 1160. The molecule has 2 heterocycles. The molecule has 3 aromatic rings. The lowest BCUT2D eigenvalue weighted by molar-refractivity contribution is -0.613. The summed E-state index contributed by atoms with van der Waals surface area (Å²) in [5, 5.41) is 12.3. The van der Waals surface area contributed by atoms with E-state index in [9.17, 15) is 22.8 Å². The zero-order chi connectivity index (χ0) is 25.0. The highest BCUT2D eigenvalue weighted by molar-refractivity contribution is 5.76. The monoisotopic (exact) mass is 488 g/mol. The summed E-state index contributed by atoms with van der Waals surface area (Å²) in [6.07, 6.45) is -0.831. The van der Waals surface area contributed by atoms with Crippen LogP contribution < -0.4 is 15.4 Å². The maximum atomic E-state index is 13.6. The topological polar surface area (TPSA) is 59.4 Å². The highest BCUT2D eigenvalue weighted by atomic mass is 19.4. The fourth-order valence-corrected chi connectivity index (χ4v) is 4.49. The SMILES string of the molecule is Nc1c(-c2cccc(F)c2)cc[n+]([O-])c1CCCCN1CCN(c2cccc(C(F)(F)F)c2)CC1. The van der Waals surface area contributed by atoms with Crippen LogP contribution in [0, 0.1) is 11.0 Å². The number of pyridine rings is 1. The van der Waals surface area contributed by atoms with Crippen molar-refractivity contribution in [2.75, 3.05) is 43.4 Å². The van der Waals surface area contributed by atoms with E-state index < -0.39 is 11.7 Å². The van der Waals surface area contributed by atoms with Crippen molar-refractivity contribution in [2.24, 2.45) is 0 Å². The predicted octanol–water partition coefficient (Wildman–Crippen LogP) is 4.87. The molecule has 1 aliphatic heterocycles. The first-order chi connectivity index (χ1) is 16.7. The fraction of sp³-hybridized carbons (Fsp3) is 0.346. The number of nitrogens with two attached hydrogens (primary N) is 1. The third-order valence-electron chi connectivity index (χ3n) is 6.43. The largest absolute Gasteiger partial charge is 0.618 e. The van der Waals surface area contributed by atoms with Gasteiger partial charge in [-0.05, 0) is 55.3 Å². The Balaban J connectivity index is 1.28. The highest BCUT2D eigenvalue weighted by Gasteiger charge is 2.31. The Labute approximate surface area is 202 Å². The molecule has 0 bridgehead atoms. The molecule has 1 fully saturated rings. The van der Waals surface area contributed by atoms with Crippen LogP contribution in [0.2, 0.25) is 0 Å². The normalized spacial score (nSPS) is 14.9. The Morgan fingerprint density at radius 3 is 2.40 bits per heavy atom. The third kappa shape index (κ3) is 6.03. The van der Waals surface area contributed by atoms with Gasteiger partial charge in [0, 0.05) is 49.9 Å². The molecule has 35 heavy (non-hydrogen) atoms. The van der Waals surface area contributed by atoms with Crippen LogP contribution in [0.1, 0.15) is 24.1 Å². The minimum Gasteiger partial charge on any atom is -0.618 e. The van der Waals surface area contributed by atoms with E-state index in [4.69, 9.17) is 5.73 Å². The molecule has 2 aromatic carbocycles. The van der Waals surface area contributed by atoms with Crippen LogP contribution >= 0.6 is 0 Å². The summed E-state index contributed by atoms with van der Waals surface area (Å²) in [4.78, 5) is 4.26. The van der Waals surface area contributed by atoms with Gasteiger partial charge in [-0.25, -0.2) is 4.39 Å². The van der Waals surface area contributed by atoms with Crippen LogP contribution in [0.15, 0.2) is 60.8 Å². The van der Waals surface area contributed by atoms with Gasteiger partial charge in [0.2, 0.25) is 5.69 Å². The lowest BCUT2D eigenvalue weighted by Crippen LogP contribution is -2.46. The van der Waals surface area contributed by atoms with Crippen LogP contribution in [0.3, 0.4) is 0 Å². The lowest BCUT2D eigenvalue weighted by Gasteiger charge is -2.36. The van der Waals surface area contributed by atoms with Crippen LogP contribution in [0.25, 0.3) is 11.1 Å². The second kappa shape index (κ2) is 10.5. The molecule has 9 heteroatoms. The highest BCUT2D eigenvalue weighted by Crippen LogP contribution is 2.32. The first kappa shape index (κ1) is 24.8. The molecule has 0 spiro atoms. The van der Waals surface area contributed by atoms with Gasteiger partial charge in [-0.2, -0.15) is 17.9 Å². The molecule has 1 aliphatic rings. The molecule has 0 saturated carbocycles. The van der Waals surface area contributed by atoms with Crippen LogP contribution in [-0.2, 0) is 12.6 Å². The molecular formula is C26H28F4N4O. The zero-order valence-electron chi connectivity index (χ0n) is 19.3. The molecule has 186 valence electrons. The number of benzene rings is 2. The lowest BCUT2D eigenvalue weighted by atomic mass is 10.0. The van der Waals surface area contributed by atoms with E-state index in [0.29, 0.717) is 47.7 Å². The average molecular weight is 489 g/mol. The number of unbranched alkanes of at least 4 members (excludes halogenated alkanes) is 1. The molecule has 5 nitrogen and oxygen atoms in total. The van der Waals surface area contributed by atoms with E-state index in [1.165, 1.54) is 30.5 Å². The van der Waals surface area contributed by atoms with Gasteiger partial charge in [0.15, 0.2) is 6.20 Å². The van der Waals surface area contributed by atoms with Gasteiger partial charge in [-0.15, -0.1) is 0 Å². The maximum Gasteiger partial charge on any atom is 0.416 e. The summed E-state index contributed by atoms with van der Waals surface area (Å²) in [6.45, 7) is 3.66. The maximum absolute atomic E-state index is 13.6. The van der Waals surface area contributed by atoms with Crippen molar-refractivity contribution in [2.45, 2.75) is 25.4 Å². The number of nitrogens with zero attached hydrogens (tertiary/aromatic N) is 3. The molecule has 1 aromatic heterocycles. The Kier molecular flexibility index (Phi) is 7.45. The number of hydrogen-bond acceptors (Lipinski definition) is 4. The van der Waals surface area contributed by atoms with Gasteiger partial charge in [0.05, 0.1) is 5.56 Å². The van der Waals surface area contributed by atoms with Crippen molar-refractivity contribution >= 4 is 11.4 Å². The molecular weight excluding hydrogens is 460 g/mol. The van der Waals surface area contributed by atoms with E-state index >= 15 is 0 Å². The van der Waals surface area contributed by atoms with Crippen LogP contribution in [0.4, 0.5) is 28.9 Å². The standard InChI is InChI=1S/C26H28F4N4O/c27-21-7-3-5-19(17-21)23-10-12-34(35)24(25(23)31)9-1-2-11-32-13-15-33(16-14-32)22-8-4-6-20(18-22)26(28,29)30/h3-8,10,12,17-18H,1-2,9,11,13-16,31H2. The number of rotatable bonds is 7. The van der Waals surface area contributed by atoms with Gasteiger partial charge in [0.1, 0.15) is 11.5 Å². The smallest absolute Gasteiger partial charge is 0.416 e. The number of piperazine rings is 1. The number of halogens is 4. The minimum atomic E-state index is -4.35. The Hall–Kier alpha value is -3.33. The Morgan fingerprint density at radius 1 is 0.943 bits per heavy atom. The van der Waals surface area contributed by atoms with Gasteiger partial charge < -0.3 is 15.8 Å². The van der Waals surface area contributed by atoms with Gasteiger partial charge in [0.25, 0.3) is 0 Å². The van der Waals surface area contributed by atoms with Crippen molar-refractivity contribution in [1.29, 1.82) is 0 Å². The molecule has 0 atom stereocenters. The number of aromatic nitrogens is 1. The van der Waals surface area contributed by atoms with Gasteiger partial charge >= 0.3 is 6.18 Å². The summed E-state index contributed by atoms with van der Waals surface area (Å²) >= 11 is 0. The first-order valence-corrected chi connectivity index (χ1v) is 11.6. The molecule has 0 amide bonds. The Morgan fingerprint density at radius 2 is 1.69 bits per heavy atom. The molecule has 0 unspecified atom stereocenters. The predicted molar refractivity (Wildman–Crippen MR) is 128 cm³/mol. The van der Waals surface area contributed by atoms with Crippen molar-refractivity contribution in [3.8, 4) is 11.1 Å². The molecule has 2 N–H and O–H groups in total. The number of anilines is 2. The van der Waals surface area contributed by atoms with Crippen LogP contribution in [-0.4, -0.2) is 37.6 Å².